The van der Waals surface area contributed by atoms with E-state index in [4.69, 9.17) is 16.7 Å². The van der Waals surface area contributed by atoms with Gasteiger partial charge in [0.05, 0.1) is 5.52 Å². The Kier molecular flexibility index (Phi) is 5.88. The predicted octanol–water partition coefficient (Wildman–Crippen LogP) is 2.77. The Morgan fingerprint density at radius 2 is 1.96 bits per heavy atom. The van der Waals surface area contributed by atoms with Crippen molar-refractivity contribution in [1.29, 1.82) is 0 Å². The fraction of sp³-hybridized carbons (Fsp3) is 0.250. The van der Waals surface area contributed by atoms with Crippen LogP contribution in [0.25, 0.3) is 10.9 Å². The molecule has 0 unspecified atom stereocenters. The zero-order valence-corrected chi connectivity index (χ0v) is 15.7. The second-order valence-corrected chi connectivity index (χ2v) is 6.79. The highest BCUT2D eigenvalue weighted by molar-refractivity contribution is 6.30. The number of nitrogens with zero attached hydrogens (tertiary/aromatic N) is 2. The van der Waals surface area contributed by atoms with E-state index in [1.165, 1.54) is 4.90 Å². The van der Waals surface area contributed by atoms with Gasteiger partial charge in [0, 0.05) is 30.6 Å². The summed E-state index contributed by atoms with van der Waals surface area (Å²) in [6.45, 7) is 0.409. The van der Waals surface area contributed by atoms with E-state index in [1.54, 1.807) is 31.3 Å². The summed E-state index contributed by atoms with van der Waals surface area (Å²) in [5.41, 5.74) is 1.85. The van der Waals surface area contributed by atoms with Gasteiger partial charge in [-0.25, -0.2) is 0 Å². The summed E-state index contributed by atoms with van der Waals surface area (Å²) in [5.74, 6) is -0.450. The quantitative estimate of drug-likeness (QED) is 0.683. The standard InChI is InChI=1S/C20H20ClN3O3/c1-24(12-13-7-9-15(21)10-8-13)20(27)18-19(26)16-6-2-4-14(5-3-11-25)17(16)22-23-18/h2,4,6-10,25H,3,5,11-12H2,1H3,(H,22,26). The van der Waals surface area contributed by atoms with Crippen LogP contribution in [-0.2, 0) is 13.0 Å². The maximum absolute atomic E-state index is 12.8. The fourth-order valence-electron chi connectivity index (χ4n) is 2.95. The largest absolute Gasteiger partial charge is 0.396 e. The third kappa shape index (κ3) is 4.18. The van der Waals surface area contributed by atoms with Crippen molar-refractivity contribution in [2.45, 2.75) is 19.4 Å². The molecule has 1 amide bonds. The summed E-state index contributed by atoms with van der Waals surface area (Å²) in [6, 6.07) is 12.5. The lowest BCUT2D eigenvalue weighted by Crippen LogP contribution is -2.32. The molecular weight excluding hydrogens is 366 g/mol. The topological polar surface area (TPSA) is 86.3 Å². The SMILES string of the molecule is CN(Cc1ccc(Cl)cc1)C(=O)c1n[nH]c2c(CCCO)cccc2c1=O. The number of hydrogen-bond donors (Lipinski definition) is 2. The molecule has 0 fully saturated rings. The van der Waals surface area contributed by atoms with Crippen LogP contribution in [0.2, 0.25) is 5.02 Å². The maximum Gasteiger partial charge on any atom is 0.278 e. The average Bonchev–Trinajstić information content (AvgIpc) is 2.68. The highest BCUT2D eigenvalue weighted by atomic mass is 35.5. The van der Waals surface area contributed by atoms with Crippen molar-refractivity contribution < 1.29 is 9.90 Å². The van der Waals surface area contributed by atoms with Crippen LogP contribution in [0.4, 0.5) is 0 Å². The van der Waals surface area contributed by atoms with Crippen LogP contribution in [-0.4, -0.2) is 39.8 Å². The van der Waals surface area contributed by atoms with Crippen LogP contribution in [0.1, 0.15) is 28.0 Å². The molecule has 0 spiro atoms. The van der Waals surface area contributed by atoms with Crippen molar-refractivity contribution in [1.82, 2.24) is 15.1 Å². The first-order valence-corrected chi connectivity index (χ1v) is 9.00. The molecule has 1 heterocycles. The molecule has 27 heavy (non-hydrogen) atoms. The molecule has 2 N–H and O–H groups in total. The average molecular weight is 386 g/mol. The number of aromatic amines is 1. The summed E-state index contributed by atoms with van der Waals surface area (Å²) < 4.78 is 0. The zero-order chi connectivity index (χ0) is 19.4. The first-order chi connectivity index (χ1) is 13.0. The van der Waals surface area contributed by atoms with Crippen molar-refractivity contribution in [2.24, 2.45) is 0 Å². The molecule has 6 nitrogen and oxygen atoms in total. The predicted molar refractivity (Wildman–Crippen MR) is 105 cm³/mol. The number of amides is 1. The number of H-pyrrole nitrogens is 1. The van der Waals surface area contributed by atoms with Crippen LogP contribution in [0.15, 0.2) is 47.3 Å². The molecule has 0 saturated heterocycles. The number of aliphatic hydroxyl groups is 1. The van der Waals surface area contributed by atoms with Crippen LogP contribution in [0, 0.1) is 0 Å². The Morgan fingerprint density at radius 3 is 2.67 bits per heavy atom. The molecule has 0 atom stereocenters. The molecule has 3 aromatic rings. The van der Waals surface area contributed by atoms with Crippen LogP contribution in [0.3, 0.4) is 0 Å². The lowest BCUT2D eigenvalue weighted by molar-refractivity contribution is 0.0777. The number of carbonyl (C=O) groups is 1. The van der Waals surface area contributed by atoms with Gasteiger partial charge in [-0.15, -0.1) is 0 Å². The number of aromatic nitrogens is 2. The maximum atomic E-state index is 12.8. The fourth-order valence-corrected chi connectivity index (χ4v) is 3.08. The summed E-state index contributed by atoms with van der Waals surface area (Å²) in [7, 11) is 1.62. The van der Waals surface area contributed by atoms with Crippen molar-refractivity contribution in [3.05, 3.63) is 74.5 Å². The lowest BCUT2D eigenvalue weighted by atomic mass is 10.1. The van der Waals surface area contributed by atoms with Crippen LogP contribution < -0.4 is 5.43 Å². The third-order valence-electron chi connectivity index (χ3n) is 4.38. The van der Waals surface area contributed by atoms with E-state index < -0.39 is 11.3 Å². The van der Waals surface area contributed by atoms with Crippen molar-refractivity contribution in [3.8, 4) is 0 Å². The third-order valence-corrected chi connectivity index (χ3v) is 4.63. The molecule has 0 aliphatic carbocycles. The van der Waals surface area contributed by atoms with Gasteiger partial charge in [0.2, 0.25) is 5.43 Å². The van der Waals surface area contributed by atoms with E-state index in [0.717, 1.165) is 11.1 Å². The van der Waals surface area contributed by atoms with Gasteiger partial charge in [-0.1, -0.05) is 35.9 Å². The zero-order valence-electron chi connectivity index (χ0n) is 14.9. The van der Waals surface area contributed by atoms with E-state index >= 15 is 0 Å². The minimum absolute atomic E-state index is 0.0696. The van der Waals surface area contributed by atoms with Gasteiger partial charge in [0.15, 0.2) is 5.69 Å². The van der Waals surface area contributed by atoms with Crippen LogP contribution in [0.5, 0.6) is 0 Å². The normalized spacial score (nSPS) is 10.9. The van der Waals surface area contributed by atoms with E-state index in [0.29, 0.717) is 35.3 Å². The van der Waals surface area contributed by atoms with Crippen LogP contribution >= 0.6 is 11.6 Å². The molecule has 3 rings (SSSR count). The number of aliphatic hydroxyl groups excluding tert-OH is 1. The monoisotopic (exact) mass is 385 g/mol. The Bertz CT molecular complexity index is 1020. The van der Waals surface area contributed by atoms with Crippen molar-refractivity contribution in [3.63, 3.8) is 0 Å². The Morgan fingerprint density at radius 1 is 1.22 bits per heavy atom. The second-order valence-electron chi connectivity index (χ2n) is 6.36. The highest BCUT2D eigenvalue weighted by Crippen LogP contribution is 2.16. The molecule has 1 aromatic heterocycles. The number of benzene rings is 2. The van der Waals surface area contributed by atoms with Crippen molar-refractivity contribution in [2.75, 3.05) is 13.7 Å². The molecule has 0 aliphatic heterocycles. The Balaban J connectivity index is 1.89. The van der Waals surface area contributed by atoms with Gasteiger partial charge in [0.1, 0.15) is 0 Å². The summed E-state index contributed by atoms with van der Waals surface area (Å²) >= 11 is 5.88. The summed E-state index contributed by atoms with van der Waals surface area (Å²) in [6.07, 6.45) is 1.21. The number of fused-ring (bicyclic) bond motifs is 1. The second kappa shape index (κ2) is 8.33. The van der Waals surface area contributed by atoms with E-state index in [-0.39, 0.29) is 12.3 Å². The van der Waals surface area contributed by atoms with Gasteiger partial charge in [-0.3, -0.25) is 14.7 Å². The molecular formula is C20H20ClN3O3. The number of carbonyl (C=O) groups excluding carboxylic acids is 1. The van der Waals surface area contributed by atoms with Gasteiger partial charge in [-0.2, -0.15) is 5.10 Å². The van der Waals surface area contributed by atoms with Gasteiger partial charge < -0.3 is 10.0 Å². The number of para-hydroxylation sites is 1. The molecule has 0 aliphatic rings. The Hall–Kier alpha value is -2.70. The lowest BCUT2D eigenvalue weighted by Gasteiger charge is -2.17. The molecule has 0 saturated carbocycles. The number of rotatable bonds is 6. The van der Waals surface area contributed by atoms with Crippen molar-refractivity contribution >= 4 is 28.4 Å². The van der Waals surface area contributed by atoms with E-state index in [1.807, 2.05) is 18.2 Å². The summed E-state index contributed by atoms with van der Waals surface area (Å²) in [5, 5.41) is 17.0. The van der Waals surface area contributed by atoms with E-state index in [9.17, 15) is 9.59 Å². The smallest absolute Gasteiger partial charge is 0.278 e. The van der Waals surface area contributed by atoms with Gasteiger partial charge in [-0.05, 0) is 42.2 Å². The number of hydrogen-bond acceptors (Lipinski definition) is 4. The highest BCUT2D eigenvalue weighted by Gasteiger charge is 2.20. The first-order valence-electron chi connectivity index (χ1n) is 8.62. The molecule has 2 aromatic carbocycles. The number of aryl methyl sites for hydroxylation is 1. The number of halogens is 1. The Labute approximate surface area is 161 Å². The molecule has 0 bridgehead atoms. The minimum atomic E-state index is -0.450. The molecule has 0 radical (unpaired) electrons. The van der Waals surface area contributed by atoms with Gasteiger partial charge in [0.25, 0.3) is 5.91 Å². The first kappa shape index (κ1) is 19.1. The number of nitrogens with one attached hydrogen (secondary N) is 1. The van der Waals surface area contributed by atoms with E-state index in [2.05, 4.69) is 10.2 Å². The minimum Gasteiger partial charge on any atom is -0.396 e. The molecule has 140 valence electrons. The molecule has 7 heteroatoms. The summed E-state index contributed by atoms with van der Waals surface area (Å²) in [4.78, 5) is 27.0. The van der Waals surface area contributed by atoms with Gasteiger partial charge >= 0.3 is 0 Å².